The van der Waals surface area contributed by atoms with Gasteiger partial charge >= 0.3 is 0 Å². The molecule has 2 heterocycles. The van der Waals surface area contributed by atoms with Crippen LogP contribution >= 0.6 is 0 Å². The molecule has 3 aromatic rings. The molecule has 8 heteroatoms. The van der Waals surface area contributed by atoms with Crippen molar-refractivity contribution in [3.05, 3.63) is 58.5 Å². The number of benzene rings is 1. The fourth-order valence-corrected chi connectivity index (χ4v) is 2.83. The maximum atomic E-state index is 13.1. The predicted molar refractivity (Wildman–Crippen MR) is 88.1 cm³/mol. The Hall–Kier alpha value is -3.03. The Morgan fingerprint density at radius 2 is 2.08 bits per heavy atom. The Balaban J connectivity index is 1.55. The SMILES string of the molecule is O=C(Cn1ncc2c(=O)[nH]cnc21)N(Cc1ccc(F)cc1)C1CC1. The third-order valence-electron chi connectivity index (χ3n) is 4.30. The van der Waals surface area contributed by atoms with Gasteiger partial charge in [-0.25, -0.2) is 14.1 Å². The zero-order valence-corrected chi connectivity index (χ0v) is 13.4. The smallest absolute Gasteiger partial charge is 0.261 e. The second-order valence-corrected chi connectivity index (χ2v) is 6.15. The molecule has 2 aromatic heterocycles. The van der Waals surface area contributed by atoms with Crippen molar-refractivity contribution < 1.29 is 9.18 Å². The van der Waals surface area contributed by atoms with Gasteiger partial charge in [-0.15, -0.1) is 0 Å². The lowest BCUT2D eigenvalue weighted by Gasteiger charge is -2.22. The summed E-state index contributed by atoms with van der Waals surface area (Å²) in [5.74, 6) is -0.397. The summed E-state index contributed by atoms with van der Waals surface area (Å²) in [5, 5.41) is 4.47. The molecule has 1 saturated carbocycles. The minimum absolute atomic E-state index is 0.0116. The van der Waals surface area contributed by atoms with E-state index in [1.54, 1.807) is 17.0 Å². The first-order valence-corrected chi connectivity index (χ1v) is 8.05. The molecule has 0 radical (unpaired) electrons. The minimum Gasteiger partial charge on any atom is -0.334 e. The standard InChI is InChI=1S/C17H16FN5O2/c18-12-3-1-11(2-4-12)8-22(13-5-6-13)15(24)9-23-16-14(7-21-23)17(25)20-10-19-16/h1-4,7,10,13H,5-6,8-9H2,(H,19,20,25). The third kappa shape index (κ3) is 3.15. The lowest BCUT2D eigenvalue weighted by Crippen LogP contribution is -2.35. The molecule has 7 nitrogen and oxygen atoms in total. The minimum atomic E-state index is -0.299. The Kier molecular flexibility index (Phi) is 3.79. The van der Waals surface area contributed by atoms with E-state index in [9.17, 15) is 14.0 Å². The number of amides is 1. The van der Waals surface area contributed by atoms with Gasteiger partial charge in [0.1, 0.15) is 17.7 Å². The number of aromatic nitrogens is 4. The molecule has 1 N–H and O–H groups in total. The molecule has 25 heavy (non-hydrogen) atoms. The number of rotatable bonds is 5. The summed E-state index contributed by atoms with van der Waals surface area (Å²) in [5.41, 5.74) is 0.977. The van der Waals surface area contributed by atoms with Gasteiger partial charge < -0.3 is 9.88 Å². The average molecular weight is 341 g/mol. The van der Waals surface area contributed by atoms with Crippen LogP contribution in [-0.4, -0.2) is 36.6 Å². The highest BCUT2D eigenvalue weighted by Crippen LogP contribution is 2.28. The fourth-order valence-electron chi connectivity index (χ4n) is 2.83. The quantitative estimate of drug-likeness (QED) is 0.761. The second kappa shape index (κ2) is 6.12. The largest absolute Gasteiger partial charge is 0.334 e. The van der Waals surface area contributed by atoms with E-state index >= 15 is 0 Å². The first-order chi connectivity index (χ1) is 12.1. The molecule has 0 aliphatic heterocycles. The molecule has 1 aliphatic carbocycles. The van der Waals surface area contributed by atoms with Gasteiger partial charge in [-0.2, -0.15) is 5.10 Å². The number of halogens is 1. The average Bonchev–Trinajstić information content (AvgIpc) is 3.36. The summed E-state index contributed by atoms with van der Waals surface area (Å²) in [6.45, 7) is 0.439. The molecule has 1 amide bonds. The van der Waals surface area contributed by atoms with E-state index in [4.69, 9.17) is 0 Å². The monoisotopic (exact) mass is 341 g/mol. The van der Waals surface area contributed by atoms with E-state index in [2.05, 4.69) is 15.1 Å². The molecule has 1 aliphatic rings. The van der Waals surface area contributed by atoms with Gasteiger partial charge in [0.15, 0.2) is 5.65 Å². The van der Waals surface area contributed by atoms with Crippen LogP contribution in [-0.2, 0) is 17.9 Å². The fraction of sp³-hybridized carbons (Fsp3) is 0.294. The van der Waals surface area contributed by atoms with E-state index in [0.717, 1.165) is 18.4 Å². The summed E-state index contributed by atoms with van der Waals surface area (Å²) in [6, 6.07) is 6.35. The van der Waals surface area contributed by atoms with Crippen LogP contribution in [0.4, 0.5) is 4.39 Å². The van der Waals surface area contributed by atoms with Crippen molar-refractivity contribution in [2.75, 3.05) is 0 Å². The van der Waals surface area contributed by atoms with E-state index < -0.39 is 0 Å². The first kappa shape index (κ1) is 15.5. The summed E-state index contributed by atoms with van der Waals surface area (Å²) in [6.07, 6.45) is 4.63. The number of carbonyl (C=O) groups excluding carboxylic acids is 1. The van der Waals surface area contributed by atoms with Gasteiger partial charge in [0.2, 0.25) is 5.91 Å². The van der Waals surface area contributed by atoms with Crippen LogP contribution in [0, 0.1) is 5.82 Å². The van der Waals surface area contributed by atoms with E-state index in [1.165, 1.54) is 29.3 Å². The van der Waals surface area contributed by atoms with Crippen molar-refractivity contribution in [1.82, 2.24) is 24.6 Å². The van der Waals surface area contributed by atoms with Crippen LogP contribution in [0.5, 0.6) is 0 Å². The maximum absolute atomic E-state index is 13.1. The lowest BCUT2D eigenvalue weighted by molar-refractivity contribution is -0.133. The van der Waals surface area contributed by atoms with E-state index in [0.29, 0.717) is 17.6 Å². The van der Waals surface area contributed by atoms with Crippen molar-refractivity contribution in [2.24, 2.45) is 0 Å². The molecular formula is C17H16FN5O2. The second-order valence-electron chi connectivity index (χ2n) is 6.15. The zero-order chi connectivity index (χ0) is 17.4. The van der Waals surface area contributed by atoms with Crippen LogP contribution in [0.1, 0.15) is 18.4 Å². The number of hydrogen-bond acceptors (Lipinski definition) is 4. The number of nitrogens with one attached hydrogen (secondary N) is 1. The van der Waals surface area contributed by atoms with Gasteiger partial charge in [0.25, 0.3) is 5.56 Å². The Bertz CT molecular complexity index is 975. The predicted octanol–water partition coefficient (Wildman–Crippen LogP) is 1.45. The highest BCUT2D eigenvalue weighted by molar-refractivity contribution is 5.79. The Labute approximate surface area is 142 Å². The number of aromatic amines is 1. The van der Waals surface area contributed by atoms with Gasteiger partial charge in [0.05, 0.1) is 12.5 Å². The van der Waals surface area contributed by atoms with E-state index in [1.807, 2.05) is 0 Å². The maximum Gasteiger partial charge on any atom is 0.261 e. The highest BCUT2D eigenvalue weighted by Gasteiger charge is 2.32. The van der Waals surface area contributed by atoms with Crippen LogP contribution in [0.2, 0.25) is 0 Å². The molecular weight excluding hydrogens is 325 g/mol. The summed E-state index contributed by atoms with van der Waals surface area (Å²) in [4.78, 5) is 32.9. The van der Waals surface area contributed by atoms with Crippen molar-refractivity contribution in [3.8, 4) is 0 Å². The number of H-pyrrole nitrogens is 1. The van der Waals surface area contributed by atoms with Crippen molar-refractivity contribution in [1.29, 1.82) is 0 Å². The van der Waals surface area contributed by atoms with Crippen LogP contribution < -0.4 is 5.56 Å². The van der Waals surface area contributed by atoms with Crippen LogP contribution in [0.15, 0.2) is 41.6 Å². The van der Waals surface area contributed by atoms with Crippen LogP contribution in [0.3, 0.4) is 0 Å². The van der Waals surface area contributed by atoms with Crippen LogP contribution in [0.25, 0.3) is 11.0 Å². The number of fused-ring (bicyclic) bond motifs is 1. The van der Waals surface area contributed by atoms with Crippen molar-refractivity contribution in [3.63, 3.8) is 0 Å². The molecule has 0 bridgehead atoms. The molecule has 0 saturated heterocycles. The molecule has 0 atom stereocenters. The molecule has 4 rings (SSSR count). The lowest BCUT2D eigenvalue weighted by atomic mass is 10.2. The van der Waals surface area contributed by atoms with Gasteiger partial charge in [0, 0.05) is 12.6 Å². The van der Waals surface area contributed by atoms with Gasteiger partial charge in [-0.1, -0.05) is 12.1 Å². The first-order valence-electron chi connectivity index (χ1n) is 8.05. The number of nitrogens with zero attached hydrogens (tertiary/aromatic N) is 4. The van der Waals surface area contributed by atoms with E-state index in [-0.39, 0.29) is 29.9 Å². The summed E-state index contributed by atoms with van der Waals surface area (Å²) >= 11 is 0. The topological polar surface area (TPSA) is 83.9 Å². The zero-order valence-electron chi connectivity index (χ0n) is 13.4. The van der Waals surface area contributed by atoms with Crippen molar-refractivity contribution in [2.45, 2.75) is 32.0 Å². The molecule has 0 spiro atoms. The normalized spacial score (nSPS) is 14.0. The van der Waals surface area contributed by atoms with Crippen molar-refractivity contribution >= 4 is 16.9 Å². The molecule has 0 unspecified atom stereocenters. The third-order valence-corrected chi connectivity index (χ3v) is 4.30. The van der Waals surface area contributed by atoms with Gasteiger partial charge in [-0.3, -0.25) is 9.59 Å². The molecule has 1 aromatic carbocycles. The molecule has 1 fully saturated rings. The summed E-state index contributed by atoms with van der Waals surface area (Å²) in [7, 11) is 0. The highest BCUT2D eigenvalue weighted by atomic mass is 19.1. The summed E-state index contributed by atoms with van der Waals surface area (Å²) < 4.78 is 14.5. The Morgan fingerprint density at radius 3 is 2.80 bits per heavy atom. The van der Waals surface area contributed by atoms with Gasteiger partial charge in [-0.05, 0) is 30.5 Å². The number of carbonyl (C=O) groups is 1. The molecule has 128 valence electrons. The Morgan fingerprint density at radius 1 is 1.32 bits per heavy atom. The number of hydrogen-bond donors (Lipinski definition) is 1.